The number of anilines is 1. The molecule has 68 valence electrons. The van der Waals surface area contributed by atoms with Gasteiger partial charge in [-0.05, 0) is 44.0 Å². The SMILES string of the molecule is C#CC(C)Nc1ccc(C)c(C)c1. The summed E-state index contributed by atoms with van der Waals surface area (Å²) in [5, 5.41) is 3.22. The van der Waals surface area contributed by atoms with Crippen molar-refractivity contribution in [1.82, 2.24) is 0 Å². The molecule has 0 aliphatic rings. The van der Waals surface area contributed by atoms with Gasteiger partial charge in [0.15, 0.2) is 0 Å². The van der Waals surface area contributed by atoms with Gasteiger partial charge in [0.1, 0.15) is 0 Å². The Balaban J connectivity index is 2.81. The van der Waals surface area contributed by atoms with Crippen LogP contribution < -0.4 is 5.32 Å². The molecule has 0 aromatic heterocycles. The molecule has 0 amide bonds. The smallest absolute Gasteiger partial charge is 0.0845 e. The molecule has 13 heavy (non-hydrogen) atoms. The lowest BCUT2D eigenvalue weighted by atomic mass is 10.1. The summed E-state index contributed by atoms with van der Waals surface area (Å²) in [6.07, 6.45) is 5.28. The fourth-order valence-electron chi connectivity index (χ4n) is 1.12. The topological polar surface area (TPSA) is 12.0 Å². The second-order valence-corrected chi connectivity index (χ2v) is 3.33. The third-order valence-electron chi connectivity index (χ3n) is 2.14. The Hall–Kier alpha value is -1.42. The molecule has 1 aromatic rings. The highest BCUT2D eigenvalue weighted by molar-refractivity contribution is 5.49. The molecule has 1 N–H and O–H groups in total. The molecule has 0 bridgehead atoms. The lowest BCUT2D eigenvalue weighted by Crippen LogP contribution is -2.11. The summed E-state index contributed by atoms with van der Waals surface area (Å²) < 4.78 is 0. The molecule has 0 fully saturated rings. The highest BCUT2D eigenvalue weighted by Crippen LogP contribution is 2.14. The maximum absolute atomic E-state index is 5.28. The Morgan fingerprint density at radius 1 is 1.31 bits per heavy atom. The monoisotopic (exact) mass is 173 g/mol. The van der Waals surface area contributed by atoms with E-state index in [4.69, 9.17) is 6.42 Å². The first kappa shape index (κ1) is 9.67. The molecule has 0 saturated carbocycles. The number of hydrogen-bond acceptors (Lipinski definition) is 1. The van der Waals surface area contributed by atoms with Crippen LogP contribution in [-0.2, 0) is 0 Å². The Bertz CT molecular complexity index is 333. The number of nitrogens with one attached hydrogen (secondary N) is 1. The van der Waals surface area contributed by atoms with E-state index in [9.17, 15) is 0 Å². The van der Waals surface area contributed by atoms with E-state index < -0.39 is 0 Å². The number of benzene rings is 1. The average molecular weight is 173 g/mol. The summed E-state index contributed by atoms with van der Waals surface area (Å²) in [7, 11) is 0. The van der Waals surface area contributed by atoms with E-state index in [-0.39, 0.29) is 6.04 Å². The van der Waals surface area contributed by atoms with E-state index >= 15 is 0 Å². The van der Waals surface area contributed by atoms with Crippen molar-refractivity contribution >= 4 is 5.69 Å². The Morgan fingerprint density at radius 2 is 2.00 bits per heavy atom. The van der Waals surface area contributed by atoms with Crippen molar-refractivity contribution in [3.63, 3.8) is 0 Å². The van der Waals surface area contributed by atoms with Crippen LogP contribution in [-0.4, -0.2) is 6.04 Å². The molecule has 0 heterocycles. The minimum Gasteiger partial charge on any atom is -0.372 e. The normalized spacial score (nSPS) is 11.8. The molecule has 0 aliphatic heterocycles. The van der Waals surface area contributed by atoms with Crippen molar-refractivity contribution < 1.29 is 0 Å². The van der Waals surface area contributed by atoms with Gasteiger partial charge in [-0.25, -0.2) is 0 Å². The lowest BCUT2D eigenvalue weighted by molar-refractivity contribution is 1.03. The first-order valence-corrected chi connectivity index (χ1v) is 4.43. The van der Waals surface area contributed by atoms with Crippen molar-refractivity contribution in [3.05, 3.63) is 29.3 Å². The third kappa shape index (κ3) is 2.52. The van der Waals surface area contributed by atoms with Gasteiger partial charge in [0.25, 0.3) is 0 Å². The molecule has 1 aromatic carbocycles. The quantitative estimate of drug-likeness (QED) is 0.678. The van der Waals surface area contributed by atoms with Crippen LogP contribution in [0.3, 0.4) is 0 Å². The minimum atomic E-state index is 0.0853. The zero-order valence-corrected chi connectivity index (χ0v) is 8.39. The molecule has 1 heteroatoms. The van der Waals surface area contributed by atoms with Gasteiger partial charge < -0.3 is 5.32 Å². The van der Waals surface area contributed by atoms with Crippen LogP contribution in [0.1, 0.15) is 18.1 Å². The minimum absolute atomic E-state index is 0.0853. The fraction of sp³-hybridized carbons (Fsp3) is 0.333. The van der Waals surface area contributed by atoms with Crippen molar-refractivity contribution in [2.75, 3.05) is 5.32 Å². The molecule has 0 spiro atoms. The first-order valence-electron chi connectivity index (χ1n) is 4.43. The molecule has 1 unspecified atom stereocenters. The Morgan fingerprint density at radius 3 is 2.54 bits per heavy atom. The van der Waals surface area contributed by atoms with Crippen molar-refractivity contribution in [2.24, 2.45) is 0 Å². The second kappa shape index (κ2) is 4.00. The summed E-state index contributed by atoms with van der Waals surface area (Å²) >= 11 is 0. The van der Waals surface area contributed by atoms with Gasteiger partial charge in [0.2, 0.25) is 0 Å². The lowest BCUT2D eigenvalue weighted by Gasteiger charge is -2.10. The van der Waals surface area contributed by atoms with Crippen molar-refractivity contribution in [2.45, 2.75) is 26.8 Å². The molecular weight excluding hydrogens is 158 g/mol. The van der Waals surface area contributed by atoms with E-state index in [0.717, 1.165) is 5.69 Å². The van der Waals surface area contributed by atoms with Crippen molar-refractivity contribution in [1.29, 1.82) is 0 Å². The van der Waals surface area contributed by atoms with Crippen LogP contribution in [0.15, 0.2) is 18.2 Å². The van der Waals surface area contributed by atoms with Crippen LogP contribution in [0.25, 0.3) is 0 Å². The Kier molecular flexibility index (Phi) is 2.97. The van der Waals surface area contributed by atoms with Crippen molar-refractivity contribution in [3.8, 4) is 12.3 Å². The number of rotatable bonds is 2. The predicted molar refractivity (Wildman–Crippen MR) is 57.8 cm³/mol. The largest absolute Gasteiger partial charge is 0.372 e. The summed E-state index contributed by atoms with van der Waals surface area (Å²) in [6.45, 7) is 6.17. The van der Waals surface area contributed by atoms with E-state index in [1.54, 1.807) is 0 Å². The van der Waals surface area contributed by atoms with Gasteiger partial charge in [-0.3, -0.25) is 0 Å². The van der Waals surface area contributed by atoms with Gasteiger partial charge in [0.05, 0.1) is 6.04 Å². The zero-order valence-electron chi connectivity index (χ0n) is 8.39. The highest BCUT2D eigenvalue weighted by Gasteiger charge is 1.98. The molecule has 0 radical (unpaired) electrons. The molecular formula is C12H15N. The van der Waals surface area contributed by atoms with E-state index in [1.807, 2.05) is 6.92 Å². The van der Waals surface area contributed by atoms with Crippen LogP contribution >= 0.6 is 0 Å². The van der Waals surface area contributed by atoms with Crippen LogP contribution in [0.2, 0.25) is 0 Å². The Labute approximate surface area is 80.2 Å². The van der Waals surface area contributed by atoms with E-state index in [0.29, 0.717) is 0 Å². The molecule has 1 atom stereocenters. The molecule has 1 rings (SSSR count). The first-order chi connectivity index (χ1) is 6.13. The van der Waals surface area contributed by atoms with Crippen LogP contribution in [0, 0.1) is 26.2 Å². The third-order valence-corrected chi connectivity index (χ3v) is 2.14. The molecule has 0 saturated heterocycles. The number of aryl methyl sites for hydroxylation is 2. The second-order valence-electron chi connectivity index (χ2n) is 3.33. The molecule has 0 aliphatic carbocycles. The van der Waals surface area contributed by atoms with Crippen LogP contribution in [0.5, 0.6) is 0 Å². The van der Waals surface area contributed by atoms with Gasteiger partial charge in [-0.1, -0.05) is 12.0 Å². The maximum atomic E-state index is 5.28. The van der Waals surface area contributed by atoms with E-state index in [2.05, 4.69) is 43.3 Å². The fourth-order valence-corrected chi connectivity index (χ4v) is 1.12. The standard InChI is InChI=1S/C12H15N/c1-5-11(4)13-12-7-6-9(2)10(3)8-12/h1,6-8,11,13H,2-4H3. The summed E-state index contributed by atoms with van der Waals surface area (Å²) in [5.41, 5.74) is 3.68. The van der Waals surface area contributed by atoms with Crippen LogP contribution in [0.4, 0.5) is 5.69 Å². The number of terminal acetylenes is 1. The highest BCUT2D eigenvalue weighted by atomic mass is 14.9. The van der Waals surface area contributed by atoms with Gasteiger partial charge in [0, 0.05) is 5.69 Å². The average Bonchev–Trinajstić information content (AvgIpc) is 2.11. The molecule has 1 nitrogen and oxygen atoms in total. The van der Waals surface area contributed by atoms with Gasteiger partial charge >= 0.3 is 0 Å². The summed E-state index contributed by atoms with van der Waals surface area (Å²) in [6, 6.07) is 6.35. The maximum Gasteiger partial charge on any atom is 0.0845 e. The number of hydrogen-bond donors (Lipinski definition) is 1. The summed E-state index contributed by atoms with van der Waals surface area (Å²) in [4.78, 5) is 0. The van der Waals surface area contributed by atoms with Gasteiger partial charge in [-0.15, -0.1) is 6.42 Å². The summed E-state index contributed by atoms with van der Waals surface area (Å²) in [5.74, 6) is 2.64. The predicted octanol–water partition coefficient (Wildman–Crippen LogP) is 2.74. The van der Waals surface area contributed by atoms with E-state index in [1.165, 1.54) is 11.1 Å². The zero-order chi connectivity index (χ0) is 9.84. The van der Waals surface area contributed by atoms with Gasteiger partial charge in [-0.2, -0.15) is 0 Å².